The average Bonchev–Trinajstić information content (AvgIpc) is 2.91. The lowest BCUT2D eigenvalue weighted by molar-refractivity contribution is -0.113. The number of amides is 1. The molecular weight excluding hydrogens is 426 g/mol. The monoisotopic (exact) mass is 447 g/mol. The third-order valence-electron chi connectivity index (χ3n) is 4.73. The number of nitrogens with zero attached hydrogens (tertiary/aromatic N) is 2. The van der Waals surface area contributed by atoms with Gasteiger partial charge in [-0.3, -0.25) is 9.79 Å². The minimum absolute atomic E-state index is 0.0588. The van der Waals surface area contributed by atoms with Crippen LogP contribution in [0.4, 0.5) is 17.1 Å². The van der Waals surface area contributed by atoms with Crippen LogP contribution in [0.5, 0.6) is 0 Å². The molecule has 0 radical (unpaired) electrons. The Morgan fingerprint density at radius 1 is 0.968 bits per heavy atom. The summed E-state index contributed by atoms with van der Waals surface area (Å²) in [6.45, 7) is 4.04. The Hall–Kier alpha value is -2.89. The number of carbonyl (C=O) groups is 1. The SMILES string of the molecule is Cc1cc(C)cc(NC(=O)CSC2=Nc3ccccc3N=C(c3cccc(Cl)c3)C2)c1. The highest BCUT2D eigenvalue weighted by Gasteiger charge is 2.17. The molecule has 3 aromatic rings. The van der Waals surface area contributed by atoms with Gasteiger partial charge in [-0.15, -0.1) is 11.8 Å². The zero-order valence-electron chi connectivity index (χ0n) is 17.4. The predicted molar refractivity (Wildman–Crippen MR) is 133 cm³/mol. The fourth-order valence-corrected chi connectivity index (χ4v) is 4.43. The van der Waals surface area contributed by atoms with Crippen LogP contribution in [0.15, 0.2) is 76.7 Å². The minimum atomic E-state index is -0.0588. The number of anilines is 1. The summed E-state index contributed by atoms with van der Waals surface area (Å²) in [5.41, 5.74) is 6.51. The summed E-state index contributed by atoms with van der Waals surface area (Å²) in [5, 5.41) is 4.50. The second-order valence-electron chi connectivity index (χ2n) is 7.45. The molecule has 0 saturated heterocycles. The number of hydrogen-bond acceptors (Lipinski definition) is 4. The maximum absolute atomic E-state index is 12.6. The van der Waals surface area contributed by atoms with Gasteiger partial charge in [0, 0.05) is 17.1 Å². The molecule has 0 aliphatic carbocycles. The lowest BCUT2D eigenvalue weighted by atomic mass is 10.1. The van der Waals surface area contributed by atoms with E-state index in [9.17, 15) is 4.79 Å². The van der Waals surface area contributed by atoms with Gasteiger partial charge in [0.05, 0.1) is 27.9 Å². The highest BCUT2D eigenvalue weighted by molar-refractivity contribution is 8.14. The zero-order chi connectivity index (χ0) is 21.8. The first-order valence-electron chi connectivity index (χ1n) is 9.97. The summed E-state index contributed by atoms with van der Waals surface area (Å²) in [5.74, 6) is 0.216. The van der Waals surface area contributed by atoms with E-state index in [-0.39, 0.29) is 11.7 Å². The molecule has 1 amide bonds. The van der Waals surface area contributed by atoms with E-state index in [0.29, 0.717) is 11.4 Å². The van der Waals surface area contributed by atoms with Gasteiger partial charge < -0.3 is 5.32 Å². The van der Waals surface area contributed by atoms with Crippen LogP contribution in [0.2, 0.25) is 5.02 Å². The molecule has 1 N–H and O–H groups in total. The molecule has 0 spiro atoms. The molecule has 4 rings (SSSR count). The zero-order valence-corrected chi connectivity index (χ0v) is 18.9. The first kappa shape index (κ1) is 21.3. The highest BCUT2D eigenvalue weighted by atomic mass is 35.5. The van der Waals surface area contributed by atoms with Crippen molar-refractivity contribution in [3.63, 3.8) is 0 Å². The molecule has 4 nitrogen and oxygen atoms in total. The topological polar surface area (TPSA) is 53.8 Å². The summed E-state index contributed by atoms with van der Waals surface area (Å²) < 4.78 is 0. The van der Waals surface area contributed by atoms with Gasteiger partial charge in [0.15, 0.2) is 0 Å². The Morgan fingerprint density at radius 2 is 1.68 bits per heavy atom. The summed E-state index contributed by atoms with van der Waals surface area (Å²) >= 11 is 7.64. The number of fused-ring (bicyclic) bond motifs is 1. The quantitative estimate of drug-likeness (QED) is 0.473. The minimum Gasteiger partial charge on any atom is -0.325 e. The summed E-state index contributed by atoms with van der Waals surface area (Å²) in [4.78, 5) is 22.2. The van der Waals surface area contributed by atoms with Crippen LogP contribution in [0.3, 0.4) is 0 Å². The van der Waals surface area contributed by atoms with E-state index in [1.165, 1.54) is 11.8 Å². The maximum atomic E-state index is 12.6. The standard InChI is InChI=1S/C25H22ClN3OS/c1-16-10-17(2)12-20(11-16)27-24(30)15-31-25-14-23(18-6-5-7-19(26)13-18)28-21-8-3-4-9-22(21)29-25/h3-13H,14-15H2,1-2H3,(H,27,30). The molecule has 6 heteroatoms. The molecule has 0 atom stereocenters. The van der Waals surface area contributed by atoms with Gasteiger partial charge in [0.25, 0.3) is 0 Å². The number of thioether (sulfide) groups is 1. The van der Waals surface area contributed by atoms with Crippen LogP contribution in [0.1, 0.15) is 23.1 Å². The second kappa shape index (κ2) is 9.50. The number of carbonyl (C=O) groups excluding carboxylic acids is 1. The van der Waals surface area contributed by atoms with E-state index in [2.05, 4.69) is 11.4 Å². The maximum Gasteiger partial charge on any atom is 0.234 e. The number of para-hydroxylation sites is 2. The van der Waals surface area contributed by atoms with Crippen molar-refractivity contribution in [2.75, 3.05) is 11.1 Å². The van der Waals surface area contributed by atoms with E-state index >= 15 is 0 Å². The first-order valence-corrected chi connectivity index (χ1v) is 11.3. The Balaban J connectivity index is 1.53. The average molecular weight is 448 g/mol. The van der Waals surface area contributed by atoms with Crippen molar-refractivity contribution >= 4 is 57.1 Å². The third-order valence-corrected chi connectivity index (χ3v) is 5.94. The smallest absolute Gasteiger partial charge is 0.234 e. The third kappa shape index (κ3) is 5.63. The van der Waals surface area contributed by atoms with Crippen molar-refractivity contribution in [3.8, 4) is 0 Å². The van der Waals surface area contributed by atoms with E-state index in [4.69, 9.17) is 21.6 Å². The normalized spacial score (nSPS) is 13.0. The molecule has 156 valence electrons. The van der Waals surface area contributed by atoms with Crippen molar-refractivity contribution in [3.05, 3.63) is 88.4 Å². The van der Waals surface area contributed by atoms with Crippen LogP contribution >= 0.6 is 23.4 Å². The molecule has 0 bridgehead atoms. The van der Waals surface area contributed by atoms with Gasteiger partial charge in [-0.05, 0) is 66.9 Å². The molecule has 1 aliphatic heterocycles. The van der Waals surface area contributed by atoms with Crippen molar-refractivity contribution in [1.82, 2.24) is 0 Å². The lowest BCUT2D eigenvalue weighted by Gasteiger charge is -2.09. The van der Waals surface area contributed by atoms with Crippen molar-refractivity contribution in [2.45, 2.75) is 20.3 Å². The molecule has 0 saturated carbocycles. The fraction of sp³-hybridized carbons (Fsp3) is 0.160. The Kier molecular flexibility index (Phi) is 6.54. The second-order valence-corrected chi connectivity index (χ2v) is 8.94. The molecule has 0 unspecified atom stereocenters. The number of halogens is 1. The van der Waals surface area contributed by atoms with Crippen LogP contribution in [-0.2, 0) is 4.79 Å². The summed E-state index contributed by atoms with van der Waals surface area (Å²) in [7, 11) is 0. The summed E-state index contributed by atoms with van der Waals surface area (Å²) in [6.07, 6.45) is 0.538. The van der Waals surface area contributed by atoms with Gasteiger partial charge in [0.1, 0.15) is 0 Å². The van der Waals surface area contributed by atoms with E-state index in [1.54, 1.807) is 0 Å². The molecule has 31 heavy (non-hydrogen) atoms. The van der Waals surface area contributed by atoms with Crippen LogP contribution in [0.25, 0.3) is 0 Å². The van der Waals surface area contributed by atoms with Gasteiger partial charge in [-0.2, -0.15) is 0 Å². The Morgan fingerprint density at radius 3 is 2.39 bits per heavy atom. The largest absolute Gasteiger partial charge is 0.325 e. The Labute approximate surface area is 191 Å². The van der Waals surface area contributed by atoms with Gasteiger partial charge in [-0.1, -0.05) is 41.9 Å². The number of aryl methyl sites for hydroxylation is 2. The number of benzene rings is 3. The summed E-state index contributed by atoms with van der Waals surface area (Å²) in [6, 6.07) is 21.5. The predicted octanol–water partition coefficient (Wildman–Crippen LogP) is 6.88. The highest BCUT2D eigenvalue weighted by Crippen LogP contribution is 2.33. The molecule has 3 aromatic carbocycles. The van der Waals surface area contributed by atoms with Gasteiger partial charge in [0.2, 0.25) is 5.91 Å². The van der Waals surface area contributed by atoms with E-state index < -0.39 is 0 Å². The Bertz CT molecular complexity index is 1180. The first-order chi connectivity index (χ1) is 15.0. The van der Waals surface area contributed by atoms with Crippen LogP contribution in [0, 0.1) is 13.8 Å². The molecule has 0 aromatic heterocycles. The van der Waals surface area contributed by atoms with Crippen LogP contribution < -0.4 is 5.32 Å². The van der Waals surface area contributed by atoms with E-state index in [0.717, 1.165) is 44.5 Å². The molecular formula is C25H22ClN3OS. The van der Waals surface area contributed by atoms with Gasteiger partial charge in [-0.25, -0.2) is 4.99 Å². The number of rotatable bonds is 4. The van der Waals surface area contributed by atoms with Gasteiger partial charge >= 0.3 is 0 Å². The molecule has 1 heterocycles. The van der Waals surface area contributed by atoms with Crippen molar-refractivity contribution in [1.29, 1.82) is 0 Å². The van der Waals surface area contributed by atoms with E-state index in [1.807, 2.05) is 74.5 Å². The number of nitrogens with one attached hydrogen (secondary N) is 1. The lowest BCUT2D eigenvalue weighted by Crippen LogP contribution is -2.16. The van der Waals surface area contributed by atoms with Crippen molar-refractivity contribution < 1.29 is 4.79 Å². The van der Waals surface area contributed by atoms with Crippen molar-refractivity contribution in [2.24, 2.45) is 9.98 Å². The fourth-order valence-electron chi connectivity index (χ4n) is 3.47. The molecule has 1 aliphatic rings. The molecule has 0 fully saturated rings. The number of hydrogen-bond donors (Lipinski definition) is 1. The van der Waals surface area contributed by atoms with Crippen LogP contribution in [-0.4, -0.2) is 22.4 Å². The number of aliphatic imine (C=N–C) groups is 2.